The van der Waals surface area contributed by atoms with Crippen LogP contribution in [0.15, 0.2) is 35.3 Å². The first-order valence-electron chi connectivity index (χ1n) is 12.2. The Balaban J connectivity index is 1.30. The summed E-state index contributed by atoms with van der Waals surface area (Å²) >= 11 is 0. The zero-order valence-electron chi connectivity index (χ0n) is 19.7. The maximum absolute atomic E-state index is 5.60. The molecule has 1 aromatic carbocycles. The fourth-order valence-electron chi connectivity index (χ4n) is 5.80. The van der Waals surface area contributed by atoms with Crippen molar-refractivity contribution in [2.75, 3.05) is 53.0 Å². The minimum absolute atomic E-state index is 0.476. The highest BCUT2D eigenvalue weighted by Crippen LogP contribution is 2.31. The van der Waals surface area contributed by atoms with Crippen molar-refractivity contribution in [3.63, 3.8) is 0 Å². The van der Waals surface area contributed by atoms with Gasteiger partial charge in [0.1, 0.15) is 0 Å². The minimum Gasteiger partial charge on any atom is -0.379 e. The van der Waals surface area contributed by atoms with E-state index in [1.165, 1.54) is 31.4 Å². The highest BCUT2D eigenvalue weighted by Gasteiger charge is 2.36. The van der Waals surface area contributed by atoms with E-state index in [0.717, 1.165) is 57.8 Å². The molecular formula is C25H41N5O. The SMILES string of the molecule is CN=C(NCC(C)N1CCOCC1C)N1CCC2C(CCCN2Cc2ccccc2)C1. The van der Waals surface area contributed by atoms with Crippen molar-refractivity contribution in [2.24, 2.45) is 10.9 Å². The summed E-state index contributed by atoms with van der Waals surface area (Å²) in [5, 5.41) is 3.68. The second-order valence-corrected chi connectivity index (χ2v) is 9.60. The van der Waals surface area contributed by atoms with Gasteiger partial charge in [0, 0.05) is 57.9 Å². The number of nitrogens with one attached hydrogen (secondary N) is 1. The van der Waals surface area contributed by atoms with E-state index >= 15 is 0 Å². The third-order valence-electron chi connectivity index (χ3n) is 7.46. The van der Waals surface area contributed by atoms with Crippen LogP contribution in [-0.4, -0.2) is 91.8 Å². The Morgan fingerprint density at radius 1 is 1.19 bits per heavy atom. The molecule has 4 unspecified atom stereocenters. The molecule has 0 amide bonds. The molecule has 0 aromatic heterocycles. The van der Waals surface area contributed by atoms with Crippen molar-refractivity contribution in [3.05, 3.63) is 35.9 Å². The van der Waals surface area contributed by atoms with Crippen LogP contribution in [0, 0.1) is 5.92 Å². The molecule has 6 nitrogen and oxygen atoms in total. The lowest BCUT2D eigenvalue weighted by Gasteiger charge is -2.48. The van der Waals surface area contributed by atoms with Gasteiger partial charge in [-0.05, 0) is 51.1 Å². The molecule has 0 aliphatic carbocycles. The zero-order chi connectivity index (χ0) is 21.6. The zero-order valence-corrected chi connectivity index (χ0v) is 19.7. The van der Waals surface area contributed by atoms with E-state index in [1.54, 1.807) is 0 Å². The number of nitrogens with zero attached hydrogens (tertiary/aromatic N) is 4. The van der Waals surface area contributed by atoms with Gasteiger partial charge in [-0.25, -0.2) is 0 Å². The highest BCUT2D eigenvalue weighted by atomic mass is 16.5. The number of aliphatic imine (C=N–C) groups is 1. The average Bonchev–Trinajstić information content (AvgIpc) is 2.80. The first kappa shape index (κ1) is 22.6. The summed E-state index contributed by atoms with van der Waals surface area (Å²) < 4.78 is 5.60. The number of hydrogen-bond donors (Lipinski definition) is 1. The monoisotopic (exact) mass is 427 g/mol. The van der Waals surface area contributed by atoms with Crippen molar-refractivity contribution in [3.8, 4) is 0 Å². The lowest BCUT2D eigenvalue weighted by atomic mass is 9.83. The molecule has 31 heavy (non-hydrogen) atoms. The van der Waals surface area contributed by atoms with Crippen LogP contribution in [0.5, 0.6) is 0 Å². The summed E-state index contributed by atoms with van der Waals surface area (Å²) in [4.78, 5) is 12.4. The van der Waals surface area contributed by atoms with Crippen LogP contribution in [-0.2, 0) is 11.3 Å². The molecule has 172 valence electrons. The van der Waals surface area contributed by atoms with Crippen molar-refractivity contribution < 1.29 is 4.74 Å². The van der Waals surface area contributed by atoms with E-state index < -0.39 is 0 Å². The second-order valence-electron chi connectivity index (χ2n) is 9.60. The summed E-state index contributed by atoms with van der Waals surface area (Å²) in [5.41, 5.74) is 1.44. The van der Waals surface area contributed by atoms with E-state index in [1.807, 2.05) is 7.05 Å². The van der Waals surface area contributed by atoms with Crippen molar-refractivity contribution in [2.45, 2.75) is 57.8 Å². The van der Waals surface area contributed by atoms with E-state index in [4.69, 9.17) is 4.74 Å². The Bertz CT molecular complexity index is 711. The van der Waals surface area contributed by atoms with Gasteiger partial charge in [0.15, 0.2) is 5.96 Å². The number of guanidine groups is 1. The molecule has 4 atom stereocenters. The first-order valence-corrected chi connectivity index (χ1v) is 12.2. The maximum atomic E-state index is 5.60. The van der Waals surface area contributed by atoms with E-state index in [0.29, 0.717) is 18.1 Å². The third-order valence-corrected chi connectivity index (χ3v) is 7.46. The molecular weight excluding hydrogens is 386 g/mol. The topological polar surface area (TPSA) is 43.3 Å². The van der Waals surface area contributed by atoms with Crippen LogP contribution < -0.4 is 5.32 Å². The van der Waals surface area contributed by atoms with Crippen molar-refractivity contribution in [1.29, 1.82) is 0 Å². The molecule has 3 aliphatic heterocycles. The predicted molar refractivity (Wildman–Crippen MR) is 127 cm³/mol. The molecule has 0 spiro atoms. The van der Waals surface area contributed by atoms with Gasteiger partial charge in [-0.3, -0.25) is 14.8 Å². The van der Waals surface area contributed by atoms with Crippen LogP contribution in [0.3, 0.4) is 0 Å². The lowest BCUT2D eigenvalue weighted by Crippen LogP contribution is -2.58. The quantitative estimate of drug-likeness (QED) is 0.578. The molecule has 1 N–H and O–H groups in total. The maximum Gasteiger partial charge on any atom is 0.193 e. The molecule has 0 bridgehead atoms. The normalized spacial score (nSPS) is 29.5. The standard InChI is InChI=1S/C25H41N5O/c1-20(30-14-15-31-19-21(30)2)16-27-25(26-3)29-13-11-24-23(18-29)10-7-12-28(24)17-22-8-5-4-6-9-22/h4-6,8-9,20-21,23-24H,7,10-19H2,1-3H3,(H,26,27). The number of likely N-dealkylation sites (tertiary alicyclic amines) is 2. The van der Waals surface area contributed by atoms with Crippen LogP contribution in [0.2, 0.25) is 0 Å². The molecule has 3 heterocycles. The fraction of sp³-hybridized carbons (Fsp3) is 0.720. The molecule has 3 saturated heterocycles. The molecule has 0 radical (unpaired) electrons. The number of hydrogen-bond acceptors (Lipinski definition) is 4. The fourth-order valence-corrected chi connectivity index (χ4v) is 5.80. The van der Waals surface area contributed by atoms with Gasteiger partial charge in [0.25, 0.3) is 0 Å². The molecule has 3 aliphatic rings. The highest BCUT2D eigenvalue weighted by molar-refractivity contribution is 5.80. The number of morpholine rings is 1. The molecule has 0 saturated carbocycles. The Kier molecular flexibility index (Phi) is 7.86. The number of piperidine rings is 2. The first-order chi connectivity index (χ1) is 15.2. The van der Waals surface area contributed by atoms with E-state index in [-0.39, 0.29) is 0 Å². The van der Waals surface area contributed by atoms with Crippen LogP contribution in [0.4, 0.5) is 0 Å². The van der Waals surface area contributed by atoms with Gasteiger partial charge in [0.2, 0.25) is 0 Å². The summed E-state index contributed by atoms with van der Waals surface area (Å²) in [7, 11) is 1.93. The Morgan fingerprint density at radius 3 is 2.81 bits per heavy atom. The number of fused-ring (bicyclic) bond motifs is 1. The Labute approximate surface area is 188 Å². The Hall–Kier alpha value is -1.63. The average molecular weight is 428 g/mol. The lowest BCUT2D eigenvalue weighted by molar-refractivity contribution is -0.0176. The van der Waals surface area contributed by atoms with Crippen molar-refractivity contribution in [1.82, 2.24) is 20.0 Å². The van der Waals surface area contributed by atoms with Crippen LogP contribution in [0.25, 0.3) is 0 Å². The molecule has 3 fully saturated rings. The van der Waals surface area contributed by atoms with Gasteiger partial charge < -0.3 is 15.0 Å². The van der Waals surface area contributed by atoms with Crippen LogP contribution >= 0.6 is 0 Å². The number of benzene rings is 1. The van der Waals surface area contributed by atoms with E-state index in [2.05, 4.69) is 69.2 Å². The van der Waals surface area contributed by atoms with Gasteiger partial charge >= 0.3 is 0 Å². The van der Waals surface area contributed by atoms with E-state index in [9.17, 15) is 0 Å². The largest absolute Gasteiger partial charge is 0.379 e. The van der Waals surface area contributed by atoms with Crippen LogP contribution in [0.1, 0.15) is 38.7 Å². The smallest absolute Gasteiger partial charge is 0.193 e. The molecule has 1 aromatic rings. The predicted octanol–water partition coefficient (Wildman–Crippen LogP) is 2.66. The minimum atomic E-state index is 0.476. The summed E-state index contributed by atoms with van der Waals surface area (Å²) in [6.07, 6.45) is 3.87. The van der Waals surface area contributed by atoms with Gasteiger partial charge in [0.05, 0.1) is 13.2 Å². The molecule has 4 rings (SSSR count). The summed E-state index contributed by atoms with van der Waals surface area (Å²) in [6, 6.07) is 12.6. The summed E-state index contributed by atoms with van der Waals surface area (Å²) in [6.45, 7) is 12.8. The Morgan fingerprint density at radius 2 is 2.03 bits per heavy atom. The number of ether oxygens (including phenoxy) is 1. The van der Waals surface area contributed by atoms with Gasteiger partial charge in [-0.2, -0.15) is 0 Å². The van der Waals surface area contributed by atoms with Crippen molar-refractivity contribution >= 4 is 5.96 Å². The summed E-state index contributed by atoms with van der Waals surface area (Å²) in [5.74, 6) is 1.81. The number of rotatable bonds is 5. The van der Waals surface area contributed by atoms with Gasteiger partial charge in [-0.1, -0.05) is 30.3 Å². The third kappa shape index (κ3) is 5.60. The van der Waals surface area contributed by atoms with Gasteiger partial charge in [-0.15, -0.1) is 0 Å². The second kappa shape index (κ2) is 10.8. The molecule has 6 heteroatoms.